The van der Waals surface area contributed by atoms with E-state index in [0.29, 0.717) is 18.0 Å². The number of rotatable bonds is 4. The van der Waals surface area contributed by atoms with Crippen molar-refractivity contribution in [1.29, 1.82) is 0 Å². The number of fused-ring (bicyclic) bond motifs is 1. The fraction of sp³-hybridized carbons (Fsp3) is 0.533. The van der Waals surface area contributed by atoms with Crippen molar-refractivity contribution in [2.75, 3.05) is 13.6 Å². The van der Waals surface area contributed by atoms with Crippen molar-refractivity contribution >= 4 is 17.2 Å². The van der Waals surface area contributed by atoms with Crippen LogP contribution in [-0.2, 0) is 17.6 Å². The van der Waals surface area contributed by atoms with E-state index in [4.69, 9.17) is 4.52 Å². The van der Waals surface area contributed by atoms with Gasteiger partial charge >= 0.3 is 0 Å². The fourth-order valence-corrected chi connectivity index (χ4v) is 3.92. The van der Waals surface area contributed by atoms with Gasteiger partial charge in [0.05, 0.1) is 22.8 Å². The number of hydrogen-bond acceptors (Lipinski definition) is 5. The zero-order valence-electron chi connectivity index (χ0n) is 12.3. The minimum Gasteiger partial charge on any atom is -0.364 e. The first kappa shape index (κ1) is 14.3. The molecule has 3 rings (SSSR count). The fourth-order valence-electron chi connectivity index (χ4n) is 2.86. The van der Waals surface area contributed by atoms with Gasteiger partial charge in [-0.25, -0.2) is 4.98 Å². The highest BCUT2D eigenvalue weighted by Crippen LogP contribution is 2.34. The minimum absolute atomic E-state index is 0.0722. The van der Waals surface area contributed by atoms with Crippen LogP contribution in [0.4, 0.5) is 0 Å². The van der Waals surface area contributed by atoms with Crippen LogP contribution in [0.25, 0.3) is 0 Å². The SMILES string of the molecule is Cc1nc2c(s1)CCC[C@H]2CN(C)C(=O)Cc1ccon1. The molecule has 6 heteroatoms. The maximum absolute atomic E-state index is 12.2. The van der Waals surface area contributed by atoms with Crippen LogP contribution < -0.4 is 0 Å². The van der Waals surface area contributed by atoms with E-state index in [1.807, 2.05) is 7.05 Å². The standard InChI is InChI=1S/C15H19N3O2S/c1-10-16-15-11(4-3-5-13(15)21-10)9-18(2)14(19)8-12-6-7-20-17-12/h6-7,11H,3-5,8-9H2,1-2H3/t11-/m0/s1. The van der Waals surface area contributed by atoms with E-state index in [-0.39, 0.29) is 5.91 Å². The molecule has 112 valence electrons. The van der Waals surface area contributed by atoms with Crippen molar-refractivity contribution in [3.05, 3.63) is 33.6 Å². The number of likely N-dealkylation sites (N-methyl/N-ethyl adjacent to an activating group) is 1. The average Bonchev–Trinajstić information content (AvgIpc) is 3.07. The maximum atomic E-state index is 12.2. The predicted molar refractivity (Wildman–Crippen MR) is 80.4 cm³/mol. The molecule has 0 fully saturated rings. The van der Waals surface area contributed by atoms with Gasteiger partial charge in [-0.1, -0.05) is 5.16 Å². The monoisotopic (exact) mass is 305 g/mol. The van der Waals surface area contributed by atoms with E-state index in [2.05, 4.69) is 17.1 Å². The zero-order chi connectivity index (χ0) is 14.8. The molecule has 2 aromatic rings. The average molecular weight is 305 g/mol. The summed E-state index contributed by atoms with van der Waals surface area (Å²) < 4.78 is 4.76. The molecule has 0 N–H and O–H groups in total. The molecule has 0 saturated heterocycles. The second kappa shape index (κ2) is 5.97. The molecule has 1 aliphatic carbocycles. The zero-order valence-corrected chi connectivity index (χ0v) is 13.2. The minimum atomic E-state index is 0.0722. The van der Waals surface area contributed by atoms with Crippen molar-refractivity contribution in [1.82, 2.24) is 15.0 Å². The Morgan fingerprint density at radius 3 is 3.19 bits per heavy atom. The Hall–Kier alpha value is -1.69. The number of carbonyl (C=O) groups is 1. The van der Waals surface area contributed by atoms with E-state index in [1.165, 1.54) is 23.3 Å². The molecule has 0 aromatic carbocycles. The summed E-state index contributed by atoms with van der Waals surface area (Å²) in [5, 5.41) is 4.92. The lowest BCUT2D eigenvalue weighted by Gasteiger charge is -2.26. The smallest absolute Gasteiger partial charge is 0.228 e. The number of hydrogen-bond donors (Lipinski definition) is 0. The molecule has 0 spiro atoms. The van der Waals surface area contributed by atoms with E-state index in [1.54, 1.807) is 22.3 Å². The third-order valence-corrected chi connectivity index (χ3v) is 4.97. The van der Waals surface area contributed by atoms with Crippen LogP contribution in [0.3, 0.4) is 0 Å². The Kier molecular flexibility index (Phi) is 4.05. The maximum Gasteiger partial charge on any atom is 0.228 e. The first-order valence-corrected chi connectivity index (χ1v) is 8.04. The summed E-state index contributed by atoms with van der Waals surface area (Å²) >= 11 is 1.80. The van der Waals surface area contributed by atoms with Crippen LogP contribution in [0.2, 0.25) is 0 Å². The van der Waals surface area contributed by atoms with Gasteiger partial charge < -0.3 is 9.42 Å². The molecule has 0 aliphatic heterocycles. The lowest BCUT2D eigenvalue weighted by molar-refractivity contribution is -0.129. The van der Waals surface area contributed by atoms with E-state index in [0.717, 1.165) is 24.4 Å². The van der Waals surface area contributed by atoms with Crippen LogP contribution in [0, 0.1) is 6.92 Å². The highest BCUT2D eigenvalue weighted by Gasteiger charge is 2.26. The van der Waals surface area contributed by atoms with Crippen molar-refractivity contribution in [3.63, 3.8) is 0 Å². The van der Waals surface area contributed by atoms with Crippen molar-refractivity contribution in [3.8, 4) is 0 Å². The van der Waals surface area contributed by atoms with Gasteiger partial charge in [0.2, 0.25) is 5.91 Å². The molecule has 0 bridgehead atoms. The Balaban J connectivity index is 1.65. The van der Waals surface area contributed by atoms with Gasteiger partial charge in [0.15, 0.2) is 0 Å². The Morgan fingerprint density at radius 1 is 1.57 bits per heavy atom. The third kappa shape index (κ3) is 3.15. The molecule has 21 heavy (non-hydrogen) atoms. The highest BCUT2D eigenvalue weighted by molar-refractivity contribution is 7.11. The largest absolute Gasteiger partial charge is 0.364 e. The molecule has 2 aromatic heterocycles. The summed E-state index contributed by atoms with van der Waals surface area (Å²) in [7, 11) is 1.86. The second-order valence-corrected chi connectivity index (χ2v) is 6.86. The predicted octanol–water partition coefficient (Wildman–Crippen LogP) is 2.56. The molecule has 0 saturated carbocycles. The highest BCUT2D eigenvalue weighted by atomic mass is 32.1. The summed E-state index contributed by atoms with van der Waals surface area (Å²) in [4.78, 5) is 20.1. The first-order chi connectivity index (χ1) is 10.1. The summed E-state index contributed by atoms with van der Waals surface area (Å²) in [6.45, 7) is 2.78. The van der Waals surface area contributed by atoms with Gasteiger partial charge in [0, 0.05) is 30.5 Å². The number of thiazole rings is 1. The summed E-state index contributed by atoms with van der Waals surface area (Å²) in [6.07, 6.45) is 5.22. The molecular formula is C15H19N3O2S. The van der Waals surface area contributed by atoms with Crippen LogP contribution in [0.1, 0.15) is 40.0 Å². The van der Waals surface area contributed by atoms with Crippen molar-refractivity contribution in [2.45, 2.75) is 38.5 Å². The Bertz CT molecular complexity index is 621. The number of aromatic nitrogens is 2. The van der Waals surface area contributed by atoms with Crippen molar-refractivity contribution in [2.24, 2.45) is 0 Å². The normalized spacial score (nSPS) is 17.5. The number of carbonyl (C=O) groups excluding carboxylic acids is 1. The first-order valence-electron chi connectivity index (χ1n) is 7.23. The number of nitrogens with zero attached hydrogens (tertiary/aromatic N) is 3. The molecule has 5 nitrogen and oxygen atoms in total. The van der Waals surface area contributed by atoms with Gasteiger partial charge in [0.25, 0.3) is 0 Å². The van der Waals surface area contributed by atoms with E-state index < -0.39 is 0 Å². The number of aryl methyl sites for hydroxylation is 2. The topological polar surface area (TPSA) is 59.2 Å². The molecule has 1 amide bonds. The quantitative estimate of drug-likeness (QED) is 0.871. The van der Waals surface area contributed by atoms with Gasteiger partial charge in [-0.05, 0) is 26.2 Å². The van der Waals surface area contributed by atoms with Gasteiger partial charge in [0.1, 0.15) is 6.26 Å². The van der Waals surface area contributed by atoms with Crippen molar-refractivity contribution < 1.29 is 9.32 Å². The Labute approximate surface area is 128 Å². The van der Waals surface area contributed by atoms with Gasteiger partial charge in [-0.3, -0.25) is 4.79 Å². The number of amides is 1. The molecule has 1 atom stereocenters. The van der Waals surface area contributed by atoms with Crippen LogP contribution >= 0.6 is 11.3 Å². The molecule has 2 heterocycles. The molecular weight excluding hydrogens is 286 g/mol. The lowest BCUT2D eigenvalue weighted by atomic mass is 9.90. The summed E-state index contributed by atoms with van der Waals surface area (Å²) in [6, 6.07) is 1.73. The van der Waals surface area contributed by atoms with E-state index >= 15 is 0 Å². The molecule has 0 radical (unpaired) electrons. The lowest BCUT2D eigenvalue weighted by Crippen LogP contribution is -2.33. The van der Waals surface area contributed by atoms with E-state index in [9.17, 15) is 4.79 Å². The van der Waals surface area contributed by atoms with Gasteiger partial charge in [-0.15, -0.1) is 11.3 Å². The molecule has 1 aliphatic rings. The van der Waals surface area contributed by atoms with Gasteiger partial charge in [-0.2, -0.15) is 0 Å². The van der Waals surface area contributed by atoms with Crippen LogP contribution in [0.5, 0.6) is 0 Å². The Morgan fingerprint density at radius 2 is 2.43 bits per heavy atom. The van der Waals surface area contributed by atoms with Crippen LogP contribution in [0.15, 0.2) is 16.9 Å². The molecule has 0 unspecified atom stereocenters. The third-order valence-electron chi connectivity index (χ3n) is 3.92. The summed E-state index contributed by atoms with van der Waals surface area (Å²) in [5.74, 6) is 0.438. The van der Waals surface area contributed by atoms with Crippen LogP contribution in [-0.4, -0.2) is 34.5 Å². The summed E-state index contributed by atoms with van der Waals surface area (Å²) in [5.41, 5.74) is 1.89. The second-order valence-electron chi connectivity index (χ2n) is 5.57.